The fourth-order valence-electron chi connectivity index (χ4n) is 2.11. The lowest BCUT2D eigenvalue weighted by atomic mass is 10.2. The molecule has 8 nitrogen and oxygen atoms in total. The van der Waals surface area contributed by atoms with Crippen LogP contribution in [0.5, 0.6) is 0 Å². The number of anilines is 1. The molecule has 0 spiro atoms. The van der Waals surface area contributed by atoms with E-state index in [1.807, 2.05) is 0 Å². The SMILES string of the molecule is CCOC(=O)c1cnc2nc(NCc3ccccc3F)[nH]n2c1=O. The molecule has 0 bridgehead atoms. The van der Waals surface area contributed by atoms with E-state index in [4.69, 9.17) is 4.74 Å². The normalized spacial score (nSPS) is 10.8. The minimum Gasteiger partial charge on any atom is -0.462 e. The first-order chi connectivity index (χ1) is 11.6. The lowest BCUT2D eigenvalue weighted by Crippen LogP contribution is -2.24. The molecule has 0 saturated carbocycles. The Morgan fingerprint density at radius 3 is 2.96 bits per heavy atom. The number of fused-ring (bicyclic) bond motifs is 1. The number of aromatic amines is 1. The Balaban J connectivity index is 1.86. The van der Waals surface area contributed by atoms with Gasteiger partial charge in [0.05, 0.1) is 12.8 Å². The minimum absolute atomic E-state index is 0.0871. The molecule has 0 radical (unpaired) electrons. The van der Waals surface area contributed by atoms with E-state index in [1.54, 1.807) is 25.1 Å². The van der Waals surface area contributed by atoms with Crippen LogP contribution in [0, 0.1) is 5.82 Å². The lowest BCUT2D eigenvalue weighted by molar-refractivity contribution is 0.0523. The van der Waals surface area contributed by atoms with Gasteiger partial charge < -0.3 is 10.1 Å². The standard InChI is InChI=1S/C15H14FN5O3/c1-2-24-13(23)10-8-18-15-19-14(20-21(15)12(10)22)17-7-9-5-3-4-6-11(9)16/h3-6,8H,2,7H2,1H3,(H2,17,18,19,20). The smallest absolute Gasteiger partial charge is 0.345 e. The maximum Gasteiger partial charge on any atom is 0.345 e. The van der Waals surface area contributed by atoms with Gasteiger partial charge in [-0.2, -0.15) is 9.50 Å². The van der Waals surface area contributed by atoms with Crippen molar-refractivity contribution in [2.75, 3.05) is 11.9 Å². The van der Waals surface area contributed by atoms with Gasteiger partial charge in [0.2, 0.25) is 5.95 Å². The Morgan fingerprint density at radius 2 is 2.21 bits per heavy atom. The molecule has 2 N–H and O–H groups in total. The first-order valence-corrected chi connectivity index (χ1v) is 7.22. The number of benzene rings is 1. The van der Waals surface area contributed by atoms with Gasteiger partial charge in [-0.15, -0.1) is 0 Å². The third kappa shape index (κ3) is 2.96. The summed E-state index contributed by atoms with van der Waals surface area (Å²) in [6.07, 6.45) is 1.12. The second kappa shape index (κ2) is 6.49. The van der Waals surface area contributed by atoms with Crippen LogP contribution >= 0.6 is 0 Å². The molecule has 9 heteroatoms. The van der Waals surface area contributed by atoms with Crippen molar-refractivity contribution in [3.63, 3.8) is 0 Å². The molecule has 0 aliphatic heterocycles. The summed E-state index contributed by atoms with van der Waals surface area (Å²) in [7, 11) is 0. The number of hydrogen-bond acceptors (Lipinski definition) is 6. The van der Waals surface area contributed by atoms with Crippen molar-refractivity contribution >= 4 is 17.7 Å². The molecule has 0 fully saturated rings. The van der Waals surface area contributed by atoms with Crippen molar-refractivity contribution < 1.29 is 13.9 Å². The van der Waals surface area contributed by atoms with Gasteiger partial charge in [0.1, 0.15) is 11.4 Å². The van der Waals surface area contributed by atoms with Crippen molar-refractivity contribution in [2.45, 2.75) is 13.5 Å². The zero-order valence-electron chi connectivity index (χ0n) is 12.7. The Kier molecular flexibility index (Phi) is 4.23. The highest BCUT2D eigenvalue weighted by atomic mass is 19.1. The molecule has 0 saturated heterocycles. The third-order valence-corrected chi connectivity index (χ3v) is 3.27. The van der Waals surface area contributed by atoms with Crippen molar-refractivity contribution in [1.29, 1.82) is 0 Å². The highest BCUT2D eigenvalue weighted by molar-refractivity contribution is 5.88. The predicted octanol–water partition coefficient (Wildman–Crippen LogP) is 1.35. The summed E-state index contributed by atoms with van der Waals surface area (Å²) in [6, 6.07) is 6.30. The zero-order chi connectivity index (χ0) is 17.1. The van der Waals surface area contributed by atoms with Crippen LogP contribution in [0.1, 0.15) is 22.8 Å². The average molecular weight is 331 g/mol. The van der Waals surface area contributed by atoms with Crippen LogP contribution in [0.25, 0.3) is 5.78 Å². The van der Waals surface area contributed by atoms with Gasteiger partial charge in [0.15, 0.2) is 0 Å². The van der Waals surface area contributed by atoms with Gasteiger partial charge in [0, 0.05) is 12.1 Å². The Bertz CT molecular complexity index is 950. The molecule has 3 rings (SSSR count). The maximum absolute atomic E-state index is 13.6. The summed E-state index contributed by atoms with van der Waals surface area (Å²) in [5.41, 5.74) is -0.367. The summed E-state index contributed by atoms with van der Waals surface area (Å²) in [5, 5.41) is 5.55. The van der Waals surface area contributed by atoms with E-state index in [0.717, 1.165) is 10.7 Å². The molecule has 0 unspecified atom stereocenters. The molecule has 1 aromatic carbocycles. The maximum atomic E-state index is 13.6. The first-order valence-electron chi connectivity index (χ1n) is 7.22. The van der Waals surface area contributed by atoms with Crippen LogP contribution in [-0.2, 0) is 11.3 Å². The molecule has 2 heterocycles. The van der Waals surface area contributed by atoms with E-state index >= 15 is 0 Å². The Hall–Kier alpha value is -3.23. The highest BCUT2D eigenvalue weighted by Gasteiger charge is 2.16. The monoisotopic (exact) mass is 331 g/mol. The minimum atomic E-state index is -0.750. The number of esters is 1. The molecule has 2 aromatic heterocycles. The highest BCUT2D eigenvalue weighted by Crippen LogP contribution is 2.09. The van der Waals surface area contributed by atoms with Crippen molar-refractivity contribution in [2.24, 2.45) is 0 Å². The molecule has 0 atom stereocenters. The number of halogens is 1. The molecular weight excluding hydrogens is 317 g/mol. The van der Waals surface area contributed by atoms with Gasteiger partial charge in [-0.3, -0.25) is 9.89 Å². The number of nitrogens with zero attached hydrogens (tertiary/aromatic N) is 3. The van der Waals surface area contributed by atoms with Crippen molar-refractivity contribution in [3.8, 4) is 0 Å². The molecule has 24 heavy (non-hydrogen) atoms. The average Bonchev–Trinajstić information content (AvgIpc) is 2.99. The molecule has 124 valence electrons. The summed E-state index contributed by atoms with van der Waals surface area (Å²) in [6.45, 7) is 1.97. The third-order valence-electron chi connectivity index (χ3n) is 3.27. The van der Waals surface area contributed by atoms with Crippen LogP contribution in [0.2, 0.25) is 0 Å². The van der Waals surface area contributed by atoms with Crippen LogP contribution in [0.15, 0.2) is 35.3 Å². The molecule has 3 aromatic rings. The van der Waals surface area contributed by atoms with E-state index in [9.17, 15) is 14.0 Å². The summed E-state index contributed by atoms with van der Waals surface area (Å²) in [5.74, 6) is -0.784. The van der Waals surface area contributed by atoms with E-state index in [0.29, 0.717) is 5.56 Å². The molecule has 0 amide bonds. The Labute approximate surface area is 135 Å². The van der Waals surface area contributed by atoms with E-state index in [1.165, 1.54) is 6.07 Å². The summed E-state index contributed by atoms with van der Waals surface area (Å²) < 4.78 is 19.4. The van der Waals surface area contributed by atoms with Gasteiger partial charge >= 0.3 is 5.97 Å². The van der Waals surface area contributed by atoms with E-state index in [-0.39, 0.29) is 36.3 Å². The number of hydrogen-bond donors (Lipinski definition) is 2. The second-order valence-corrected chi connectivity index (χ2v) is 4.85. The number of carbonyl (C=O) groups excluding carboxylic acids is 1. The van der Waals surface area contributed by atoms with Gasteiger partial charge in [0.25, 0.3) is 11.3 Å². The Morgan fingerprint density at radius 1 is 1.42 bits per heavy atom. The van der Waals surface area contributed by atoms with E-state index in [2.05, 4.69) is 20.4 Å². The topological polar surface area (TPSA) is 101 Å². The fraction of sp³-hybridized carbons (Fsp3) is 0.200. The van der Waals surface area contributed by atoms with Crippen LogP contribution < -0.4 is 10.9 Å². The predicted molar refractivity (Wildman–Crippen MR) is 83.3 cm³/mol. The number of ether oxygens (including phenoxy) is 1. The fourth-order valence-corrected chi connectivity index (χ4v) is 2.11. The van der Waals surface area contributed by atoms with Crippen molar-refractivity contribution in [1.82, 2.24) is 19.6 Å². The molecule has 0 aliphatic rings. The second-order valence-electron chi connectivity index (χ2n) is 4.85. The largest absolute Gasteiger partial charge is 0.462 e. The zero-order valence-corrected chi connectivity index (χ0v) is 12.7. The van der Waals surface area contributed by atoms with Crippen molar-refractivity contribution in [3.05, 3.63) is 57.8 Å². The quantitative estimate of drug-likeness (QED) is 0.684. The van der Waals surface area contributed by atoms with Gasteiger partial charge in [-0.05, 0) is 13.0 Å². The van der Waals surface area contributed by atoms with Gasteiger partial charge in [-0.1, -0.05) is 18.2 Å². The van der Waals surface area contributed by atoms with Crippen LogP contribution in [0.4, 0.5) is 10.3 Å². The van der Waals surface area contributed by atoms with E-state index < -0.39 is 11.5 Å². The number of nitrogens with one attached hydrogen (secondary N) is 2. The van der Waals surface area contributed by atoms with Crippen LogP contribution in [0.3, 0.4) is 0 Å². The molecular formula is C15H14FN5O3. The summed E-state index contributed by atoms with van der Waals surface area (Å²) in [4.78, 5) is 32.0. The summed E-state index contributed by atoms with van der Waals surface area (Å²) >= 11 is 0. The number of carbonyl (C=O) groups is 1. The van der Waals surface area contributed by atoms with Gasteiger partial charge in [-0.25, -0.2) is 14.2 Å². The number of rotatable bonds is 5. The lowest BCUT2D eigenvalue weighted by Gasteiger charge is -2.03. The number of H-pyrrole nitrogens is 1. The molecule has 0 aliphatic carbocycles. The first kappa shape index (κ1) is 15.7. The number of aromatic nitrogens is 4. The van der Waals surface area contributed by atoms with Crippen LogP contribution in [-0.4, -0.2) is 32.2 Å².